The molecule has 0 spiro atoms. The van der Waals surface area contributed by atoms with Gasteiger partial charge in [0.05, 0.1) is 0 Å². The van der Waals surface area contributed by atoms with E-state index in [1.165, 1.54) is 36.0 Å². The molecule has 1 N–H and O–H groups in total. The summed E-state index contributed by atoms with van der Waals surface area (Å²) in [6, 6.07) is 4.16. The average Bonchev–Trinajstić information content (AvgIpc) is 2.25. The molecule has 2 rings (SSSR count). The third-order valence-electron chi connectivity index (χ3n) is 3.96. The summed E-state index contributed by atoms with van der Waals surface area (Å²) in [4.78, 5) is 0. The van der Waals surface area contributed by atoms with E-state index < -0.39 is 0 Å². The van der Waals surface area contributed by atoms with Crippen LogP contribution in [0, 0.1) is 6.92 Å². The van der Waals surface area contributed by atoms with Crippen molar-refractivity contribution in [2.75, 3.05) is 0 Å². The van der Waals surface area contributed by atoms with Crippen molar-refractivity contribution in [2.45, 2.75) is 58.3 Å². The number of aromatic hydroxyl groups is 1. The van der Waals surface area contributed by atoms with Crippen molar-refractivity contribution in [1.82, 2.24) is 0 Å². The topological polar surface area (TPSA) is 20.2 Å². The summed E-state index contributed by atoms with van der Waals surface area (Å²) in [6.45, 7) is 8.88. The number of phenols is 1. The molecule has 16 heavy (non-hydrogen) atoms. The predicted molar refractivity (Wildman–Crippen MR) is 68.1 cm³/mol. The molecule has 1 nitrogen and oxygen atoms in total. The Morgan fingerprint density at radius 3 is 2.69 bits per heavy atom. The smallest absolute Gasteiger partial charge is 0.119 e. The van der Waals surface area contributed by atoms with Crippen LogP contribution in [-0.2, 0) is 5.41 Å². The van der Waals surface area contributed by atoms with Gasteiger partial charge in [-0.05, 0) is 48.3 Å². The summed E-state index contributed by atoms with van der Waals surface area (Å²) < 4.78 is 0. The Morgan fingerprint density at radius 2 is 2.00 bits per heavy atom. The quantitative estimate of drug-likeness (QED) is 0.645. The van der Waals surface area contributed by atoms with Crippen LogP contribution in [0.1, 0.15) is 62.6 Å². The summed E-state index contributed by atoms with van der Waals surface area (Å²) in [5.41, 5.74) is 3.91. The monoisotopic (exact) mass is 218 g/mol. The van der Waals surface area contributed by atoms with Gasteiger partial charge in [-0.2, -0.15) is 0 Å². The molecule has 0 fully saturated rings. The minimum Gasteiger partial charge on any atom is -0.508 e. The number of rotatable bonds is 0. The molecule has 1 atom stereocenters. The van der Waals surface area contributed by atoms with Crippen molar-refractivity contribution in [1.29, 1.82) is 0 Å². The van der Waals surface area contributed by atoms with Crippen LogP contribution in [0.5, 0.6) is 5.75 Å². The van der Waals surface area contributed by atoms with Gasteiger partial charge in [0.2, 0.25) is 0 Å². The Labute approximate surface area is 98.5 Å². The molecule has 1 aromatic rings. The SMILES string of the molecule is Cc1cc(O)c2c(c1)C(C)(C)CCCC2C. The van der Waals surface area contributed by atoms with Gasteiger partial charge in [-0.25, -0.2) is 0 Å². The first-order valence-electron chi connectivity index (χ1n) is 6.26. The molecule has 0 saturated heterocycles. The Bertz CT molecular complexity index is 404. The second-order valence-electron chi connectivity index (χ2n) is 5.92. The van der Waals surface area contributed by atoms with Crippen molar-refractivity contribution in [3.8, 4) is 5.75 Å². The van der Waals surface area contributed by atoms with E-state index in [2.05, 4.69) is 33.8 Å². The highest BCUT2D eigenvalue weighted by Crippen LogP contribution is 2.44. The van der Waals surface area contributed by atoms with E-state index >= 15 is 0 Å². The van der Waals surface area contributed by atoms with Crippen molar-refractivity contribution >= 4 is 0 Å². The van der Waals surface area contributed by atoms with Gasteiger partial charge in [0.1, 0.15) is 5.75 Å². The molecular formula is C15H22O. The zero-order valence-electron chi connectivity index (χ0n) is 10.8. The van der Waals surface area contributed by atoms with Crippen LogP contribution >= 0.6 is 0 Å². The van der Waals surface area contributed by atoms with Crippen LogP contribution in [0.2, 0.25) is 0 Å². The summed E-state index contributed by atoms with van der Waals surface area (Å²) in [7, 11) is 0. The van der Waals surface area contributed by atoms with E-state index in [1.807, 2.05) is 6.07 Å². The lowest BCUT2D eigenvalue weighted by Crippen LogP contribution is -2.17. The molecule has 0 bridgehead atoms. The van der Waals surface area contributed by atoms with Gasteiger partial charge < -0.3 is 5.11 Å². The fraction of sp³-hybridized carbons (Fsp3) is 0.600. The van der Waals surface area contributed by atoms with Gasteiger partial charge in [0.15, 0.2) is 0 Å². The summed E-state index contributed by atoms with van der Waals surface area (Å²) in [5.74, 6) is 0.981. The standard InChI is InChI=1S/C15H22O/c1-10-8-12-14(13(16)9-10)11(2)6-5-7-15(12,3)4/h8-9,11,16H,5-7H2,1-4H3. The lowest BCUT2D eigenvalue weighted by Gasteiger charge is -2.27. The second-order valence-corrected chi connectivity index (χ2v) is 5.92. The number of hydrogen-bond donors (Lipinski definition) is 1. The third kappa shape index (κ3) is 1.83. The van der Waals surface area contributed by atoms with Gasteiger partial charge in [0.25, 0.3) is 0 Å². The maximum absolute atomic E-state index is 10.2. The van der Waals surface area contributed by atoms with E-state index in [0.29, 0.717) is 11.7 Å². The van der Waals surface area contributed by atoms with Crippen LogP contribution in [-0.4, -0.2) is 5.11 Å². The summed E-state index contributed by atoms with van der Waals surface area (Å²) in [6.07, 6.45) is 3.65. The summed E-state index contributed by atoms with van der Waals surface area (Å²) >= 11 is 0. The molecule has 0 aliphatic heterocycles. The minimum atomic E-state index is 0.198. The molecule has 1 aliphatic rings. The Kier molecular flexibility index (Phi) is 2.73. The highest BCUT2D eigenvalue weighted by molar-refractivity contribution is 5.48. The highest BCUT2D eigenvalue weighted by atomic mass is 16.3. The van der Waals surface area contributed by atoms with Gasteiger partial charge in [-0.1, -0.05) is 33.3 Å². The number of benzene rings is 1. The van der Waals surface area contributed by atoms with E-state index in [-0.39, 0.29) is 5.41 Å². The molecule has 1 unspecified atom stereocenters. The van der Waals surface area contributed by atoms with Gasteiger partial charge >= 0.3 is 0 Å². The molecule has 1 aromatic carbocycles. The van der Waals surface area contributed by atoms with Crippen LogP contribution < -0.4 is 0 Å². The van der Waals surface area contributed by atoms with E-state index in [9.17, 15) is 5.11 Å². The third-order valence-corrected chi connectivity index (χ3v) is 3.96. The normalized spacial score (nSPS) is 23.6. The van der Waals surface area contributed by atoms with Gasteiger partial charge in [-0.3, -0.25) is 0 Å². The molecule has 0 aromatic heterocycles. The van der Waals surface area contributed by atoms with E-state index in [4.69, 9.17) is 0 Å². The van der Waals surface area contributed by atoms with Gasteiger partial charge in [-0.15, -0.1) is 0 Å². The first-order valence-corrected chi connectivity index (χ1v) is 6.26. The van der Waals surface area contributed by atoms with Crippen molar-refractivity contribution in [3.05, 3.63) is 28.8 Å². The zero-order chi connectivity index (χ0) is 11.9. The number of aryl methyl sites for hydroxylation is 1. The maximum atomic E-state index is 10.2. The number of hydrogen-bond acceptors (Lipinski definition) is 1. The lowest BCUT2D eigenvalue weighted by molar-refractivity contribution is 0.455. The van der Waals surface area contributed by atoms with Crippen LogP contribution in [0.25, 0.3) is 0 Å². The van der Waals surface area contributed by atoms with Crippen molar-refractivity contribution < 1.29 is 5.11 Å². The maximum Gasteiger partial charge on any atom is 0.119 e. The average molecular weight is 218 g/mol. The van der Waals surface area contributed by atoms with Crippen LogP contribution in [0.4, 0.5) is 0 Å². The highest BCUT2D eigenvalue weighted by Gasteiger charge is 2.30. The van der Waals surface area contributed by atoms with Crippen LogP contribution in [0.3, 0.4) is 0 Å². The molecule has 1 aliphatic carbocycles. The number of fused-ring (bicyclic) bond motifs is 1. The molecule has 0 heterocycles. The minimum absolute atomic E-state index is 0.198. The number of phenolic OH excluding ortho intramolecular Hbond substituents is 1. The Balaban J connectivity index is 2.67. The largest absolute Gasteiger partial charge is 0.508 e. The predicted octanol–water partition coefficient (Wildman–Crippen LogP) is 4.27. The van der Waals surface area contributed by atoms with E-state index in [0.717, 1.165) is 0 Å². The fourth-order valence-corrected chi connectivity index (χ4v) is 2.99. The molecule has 88 valence electrons. The van der Waals surface area contributed by atoms with Crippen molar-refractivity contribution in [2.24, 2.45) is 0 Å². The Morgan fingerprint density at radius 1 is 1.31 bits per heavy atom. The van der Waals surface area contributed by atoms with Crippen LogP contribution in [0.15, 0.2) is 12.1 Å². The second kappa shape index (κ2) is 3.80. The van der Waals surface area contributed by atoms with E-state index in [1.54, 1.807) is 0 Å². The first kappa shape index (κ1) is 11.5. The molecule has 1 heteroatoms. The summed E-state index contributed by atoms with van der Waals surface area (Å²) in [5, 5.41) is 10.2. The molecule has 0 saturated carbocycles. The Hall–Kier alpha value is -0.980. The molecular weight excluding hydrogens is 196 g/mol. The molecule has 0 radical (unpaired) electrons. The molecule has 0 amide bonds. The zero-order valence-corrected chi connectivity index (χ0v) is 10.8. The van der Waals surface area contributed by atoms with Gasteiger partial charge in [0, 0.05) is 5.56 Å². The first-order chi connectivity index (χ1) is 7.42. The van der Waals surface area contributed by atoms with Crippen molar-refractivity contribution in [3.63, 3.8) is 0 Å². The lowest BCUT2D eigenvalue weighted by atomic mass is 9.78. The fourth-order valence-electron chi connectivity index (χ4n) is 2.99.